The molecule has 0 aliphatic rings. The van der Waals surface area contributed by atoms with Crippen molar-refractivity contribution in [2.24, 2.45) is 0 Å². The van der Waals surface area contributed by atoms with E-state index in [1.165, 1.54) is 12.1 Å². The van der Waals surface area contributed by atoms with Crippen LogP contribution in [0, 0.1) is 17.0 Å². The molecule has 0 aliphatic carbocycles. The Labute approximate surface area is 163 Å². The molecular formula is C19H17BrN2O5. The van der Waals surface area contributed by atoms with E-state index >= 15 is 0 Å². The van der Waals surface area contributed by atoms with Gasteiger partial charge in [-0.3, -0.25) is 10.1 Å². The maximum Gasteiger partial charge on any atom is 0.339 e. The lowest BCUT2D eigenvalue weighted by atomic mass is 10.1. The molecule has 3 rings (SSSR count). The zero-order chi connectivity index (χ0) is 19.7. The van der Waals surface area contributed by atoms with Gasteiger partial charge < -0.3 is 14.4 Å². The Kier molecular flexibility index (Phi) is 5.29. The first-order valence-electron chi connectivity index (χ1n) is 8.24. The van der Waals surface area contributed by atoms with Crippen LogP contribution in [-0.4, -0.2) is 27.2 Å². The number of esters is 1. The molecule has 1 atom stereocenters. The second-order valence-corrected chi connectivity index (χ2v) is 6.91. The Morgan fingerprint density at radius 2 is 2.07 bits per heavy atom. The fourth-order valence-corrected chi connectivity index (χ4v) is 3.38. The van der Waals surface area contributed by atoms with Crippen molar-refractivity contribution in [1.29, 1.82) is 0 Å². The molecule has 0 spiro atoms. The molecule has 0 bridgehead atoms. The number of aliphatic hydroxyl groups is 1. The van der Waals surface area contributed by atoms with Gasteiger partial charge in [0.15, 0.2) is 6.10 Å². The summed E-state index contributed by atoms with van der Waals surface area (Å²) in [5.74, 6) is -0.725. The molecule has 0 radical (unpaired) electrons. The molecule has 2 aromatic carbocycles. The van der Waals surface area contributed by atoms with Gasteiger partial charge in [-0.25, -0.2) is 4.79 Å². The summed E-state index contributed by atoms with van der Waals surface area (Å²) in [6.45, 7) is 3.61. The molecule has 1 heterocycles. The van der Waals surface area contributed by atoms with Gasteiger partial charge in [-0.15, -0.1) is 0 Å². The summed E-state index contributed by atoms with van der Waals surface area (Å²) in [6.07, 6.45) is 0.230. The first-order chi connectivity index (χ1) is 12.8. The van der Waals surface area contributed by atoms with Gasteiger partial charge in [0.1, 0.15) is 0 Å². The lowest BCUT2D eigenvalue weighted by Crippen LogP contribution is -2.15. The van der Waals surface area contributed by atoms with Crippen LogP contribution in [0.15, 0.2) is 47.1 Å². The van der Waals surface area contributed by atoms with Crippen molar-refractivity contribution in [3.8, 4) is 5.69 Å². The number of nitro groups is 1. The maximum absolute atomic E-state index is 12.0. The lowest BCUT2D eigenvalue weighted by Gasteiger charge is -2.09. The number of hydrogen-bond donors (Lipinski definition) is 1. The van der Waals surface area contributed by atoms with Crippen LogP contribution in [0.2, 0.25) is 0 Å². The van der Waals surface area contributed by atoms with E-state index in [1.54, 1.807) is 30.7 Å². The zero-order valence-electron chi connectivity index (χ0n) is 14.7. The van der Waals surface area contributed by atoms with Crippen molar-refractivity contribution in [2.75, 3.05) is 6.61 Å². The van der Waals surface area contributed by atoms with E-state index in [4.69, 9.17) is 4.74 Å². The summed E-state index contributed by atoms with van der Waals surface area (Å²) in [4.78, 5) is 22.6. The molecule has 3 aromatic rings. The zero-order valence-corrected chi connectivity index (χ0v) is 16.3. The van der Waals surface area contributed by atoms with Gasteiger partial charge in [0, 0.05) is 39.4 Å². The van der Waals surface area contributed by atoms with E-state index in [-0.39, 0.29) is 12.3 Å². The summed E-state index contributed by atoms with van der Waals surface area (Å²) in [5.41, 5.74) is 2.58. The molecule has 1 aromatic heterocycles. The number of aryl methyl sites for hydroxylation is 1. The van der Waals surface area contributed by atoms with Gasteiger partial charge in [-0.1, -0.05) is 15.9 Å². The monoisotopic (exact) mass is 432 g/mol. The highest BCUT2D eigenvalue weighted by Gasteiger charge is 2.24. The maximum atomic E-state index is 12.0. The number of carbonyl (C=O) groups is 1. The molecule has 0 aliphatic heterocycles. The SMILES string of the molecule is CCOC(=O)C(O)c1cn(-c2ccc([N+](=O)[O-])cc2C)c2ccc(Br)cc12. The van der Waals surface area contributed by atoms with Gasteiger partial charge in [-0.05, 0) is 43.7 Å². The third-order valence-corrected chi connectivity index (χ3v) is 4.75. The van der Waals surface area contributed by atoms with Gasteiger partial charge in [-0.2, -0.15) is 0 Å². The third-order valence-electron chi connectivity index (χ3n) is 4.25. The number of nitro benzene ring substituents is 1. The smallest absolute Gasteiger partial charge is 0.339 e. The fourth-order valence-electron chi connectivity index (χ4n) is 3.02. The van der Waals surface area contributed by atoms with E-state index in [0.29, 0.717) is 16.5 Å². The molecular weight excluding hydrogens is 416 g/mol. The highest BCUT2D eigenvalue weighted by atomic mass is 79.9. The van der Waals surface area contributed by atoms with Crippen LogP contribution in [0.5, 0.6) is 0 Å². The number of rotatable bonds is 5. The van der Waals surface area contributed by atoms with E-state index in [9.17, 15) is 20.0 Å². The fraction of sp³-hybridized carbons (Fsp3) is 0.211. The molecule has 0 amide bonds. The number of fused-ring (bicyclic) bond motifs is 1. The quantitative estimate of drug-likeness (QED) is 0.370. The topological polar surface area (TPSA) is 94.6 Å². The first-order valence-corrected chi connectivity index (χ1v) is 9.03. The molecule has 1 N–H and O–H groups in total. The van der Waals surface area contributed by atoms with Crippen molar-refractivity contribution in [2.45, 2.75) is 20.0 Å². The van der Waals surface area contributed by atoms with Crippen LogP contribution in [-0.2, 0) is 9.53 Å². The largest absolute Gasteiger partial charge is 0.464 e. The number of halogens is 1. The number of aliphatic hydroxyl groups excluding tert-OH is 1. The molecule has 1 unspecified atom stereocenters. The predicted octanol–water partition coefficient (Wildman–Crippen LogP) is 4.21. The van der Waals surface area contributed by atoms with Gasteiger partial charge in [0.2, 0.25) is 0 Å². The van der Waals surface area contributed by atoms with E-state index in [2.05, 4.69) is 15.9 Å². The highest BCUT2D eigenvalue weighted by molar-refractivity contribution is 9.10. The minimum Gasteiger partial charge on any atom is -0.464 e. The van der Waals surface area contributed by atoms with Gasteiger partial charge >= 0.3 is 5.97 Å². The second kappa shape index (κ2) is 7.50. The van der Waals surface area contributed by atoms with Crippen molar-refractivity contribution < 1.29 is 19.6 Å². The Hall–Kier alpha value is -2.71. The van der Waals surface area contributed by atoms with E-state index in [1.807, 2.05) is 18.2 Å². The minimum atomic E-state index is -1.43. The Balaban J connectivity index is 2.20. The molecule has 8 heteroatoms. The lowest BCUT2D eigenvalue weighted by molar-refractivity contribution is -0.384. The third kappa shape index (κ3) is 3.58. The van der Waals surface area contributed by atoms with E-state index < -0.39 is 17.0 Å². The summed E-state index contributed by atoms with van der Waals surface area (Å²) in [6, 6.07) is 10.1. The number of non-ortho nitro benzene ring substituents is 1. The van der Waals surface area contributed by atoms with Crippen LogP contribution >= 0.6 is 15.9 Å². The highest BCUT2D eigenvalue weighted by Crippen LogP contribution is 2.33. The number of ether oxygens (including phenoxy) is 1. The average molecular weight is 433 g/mol. The Morgan fingerprint density at radius 1 is 1.33 bits per heavy atom. The Morgan fingerprint density at radius 3 is 2.70 bits per heavy atom. The van der Waals surface area contributed by atoms with Crippen molar-refractivity contribution in [1.82, 2.24) is 4.57 Å². The van der Waals surface area contributed by atoms with Gasteiger partial charge in [0.25, 0.3) is 5.69 Å². The van der Waals surface area contributed by atoms with Crippen LogP contribution in [0.3, 0.4) is 0 Å². The van der Waals surface area contributed by atoms with Crippen molar-refractivity contribution in [3.63, 3.8) is 0 Å². The molecule has 7 nitrogen and oxygen atoms in total. The number of benzene rings is 2. The molecule has 0 saturated heterocycles. The number of hydrogen-bond acceptors (Lipinski definition) is 5. The minimum absolute atomic E-state index is 0.00207. The van der Waals surface area contributed by atoms with Gasteiger partial charge in [0.05, 0.1) is 17.0 Å². The van der Waals surface area contributed by atoms with Crippen LogP contribution in [0.4, 0.5) is 5.69 Å². The Bertz CT molecular complexity index is 1040. The number of carbonyl (C=O) groups excluding carboxylic acids is 1. The normalized spacial score (nSPS) is 12.1. The first kappa shape index (κ1) is 19.1. The molecule has 0 saturated carbocycles. The molecule has 140 valence electrons. The summed E-state index contributed by atoms with van der Waals surface area (Å²) in [5, 5.41) is 22.1. The van der Waals surface area contributed by atoms with E-state index in [0.717, 1.165) is 15.7 Å². The van der Waals surface area contributed by atoms with Crippen LogP contribution in [0.25, 0.3) is 16.6 Å². The number of nitrogens with zero attached hydrogens (tertiary/aromatic N) is 2. The molecule has 0 fully saturated rings. The van der Waals surface area contributed by atoms with Crippen LogP contribution in [0.1, 0.15) is 24.2 Å². The average Bonchev–Trinajstić information content (AvgIpc) is 2.99. The van der Waals surface area contributed by atoms with Crippen LogP contribution < -0.4 is 0 Å². The van der Waals surface area contributed by atoms with Crippen molar-refractivity contribution in [3.05, 3.63) is 68.3 Å². The summed E-state index contributed by atoms with van der Waals surface area (Å²) >= 11 is 3.41. The summed E-state index contributed by atoms with van der Waals surface area (Å²) in [7, 11) is 0. The summed E-state index contributed by atoms with van der Waals surface area (Å²) < 4.78 is 7.53. The second-order valence-electron chi connectivity index (χ2n) is 6.00. The van der Waals surface area contributed by atoms with Crippen molar-refractivity contribution >= 4 is 38.5 Å². The standard InChI is InChI=1S/C19H17BrN2O5/c1-3-27-19(24)18(23)15-10-21(17-6-4-12(20)9-14(15)17)16-7-5-13(22(25)26)8-11(16)2/h4-10,18,23H,3H2,1-2H3. The number of aromatic nitrogens is 1. The molecule has 27 heavy (non-hydrogen) atoms. The predicted molar refractivity (Wildman–Crippen MR) is 104 cm³/mol.